The fourth-order valence-electron chi connectivity index (χ4n) is 4.15. The summed E-state index contributed by atoms with van der Waals surface area (Å²) in [6.45, 7) is 0.100. The van der Waals surface area contributed by atoms with Crippen LogP contribution in [0, 0.1) is 0 Å². The molecule has 1 aliphatic rings. The quantitative estimate of drug-likeness (QED) is 0.235. The number of piperazine rings is 1. The van der Waals surface area contributed by atoms with E-state index < -0.39 is 17.9 Å². The Kier molecular flexibility index (Phi) is 8.56. The van der Waals surface area contributed by atoms with Crippen LogP contribution in [0.1, 0.15) is 16.7 Å². The molecule has 8 nitrogen and oxygen atoms in total. The fourth-order valence-corrected chi connectivity index (χ4v) is 4.15. The largest absolute Gasteiger partial charge is 0.497 e. The third-order valence-electron chi connectivity index (χ3n) is 6.08. The molecule has 2 amide bonds. The normalized spacial score (nSPS) is 16.8. The van der Waals surface area contributed by atoms with Crippen molar-refractivity contribution in [1.82, 2.24) is 9.96 Å². The van der Waals surface area contributed by atoms with E-state index in [2.05, 4.69) is 0 Å². The molecule has 1 heterocycles. The van der Waals surface area contributed by atoms with Crippen molar-refractivity contribution in [3.8, 4) is 11.5 Å². The van der Waals surface area contributed by atoms with Crippen molar-refractivity contribution in [2.45, 2.75) is 19.0 Å². The summed E-state index contributed by atoms with van der Waals surface area (Å²) in [5.41, 5.74) is 3.00. The maximum absolute atomic E-state index is 13.6. The molecule has 0 bridgehead atoms. The Bertz CT molecular complexity index is 1230. The SMILES string of the molecule is COCON1C(=O)/C(=C/c2ccc(OC)cc2)N(Cc2ccc(OC)cc2)[C@@H](Cc2ccccc2)C1=O. The van der Waals surface area contributed by atoms with Crippen molar-refractivity contribution in [2.75, 3.05) is 28.1 Å². The van der Waals surface area contributed by atoms with Crippen molar-refractivity contribution in [3.05, 3.63) is 101 Å². The minimum Gasteiger partial charge on any atom is -0.497 e. The van der Waals surface area contributed by atoms with E-state index in [1.54, 1.807) is 20.3 Å². The van der Waals surface area contributed by atoms with Crippen LogP contribution in [0.25, 0.3) is 6.08 Å². The van der Waals surface area contributed by atoms with Gasteiger partial charge in [-0.1, -0.05) is 54.6 Å². The molecule has 0 spiro atoms. The Balaban J connectivity index is 1.79. The Morgan fingerprint density at radius 3 is 2.00 bits per heavy atom. The van der Waals surface area contributed by atoms with Gasteiger partial charge in [-0.15, -0.1) is 5.06 Å². The molecule has 1 fully saturated rings. The summed E-state index contributed by atoms with van der Waals surface area (Å²) in [6.07, 6.45) is 2.15. The number of hydrogen-bond donors (Lipinski definition) is 0. The van der Waals surface area contributed by atoms with E-state index in [1.807, 2.05) is 83.8 Å². The summed E-state index contributed by atoms with van der Waals surface area (Å²) in [5.74, 6) is 0.417. The van der Waals surface area contributed by atoms with E-state index in [0.717, 1.165) is 27.5 Å². The molecule has 1 saturated heterocycles. The number of carbonyl (C=O) groups excluding carboxylic acids is 2. The zero-order valence-electron chi connectivity index (χ0n) is 21.1. The Morgan fingerprint density at radius 2 is 1.41 bits per heavy atom. The average Bonchev–Trinajstić information content (AvgIpc) is 2.94. The lowest BCUT2D eigenvalue weighted by atomic mass is 9.98. The van der Waals surface area contributed by atoms with E-state index in [4.69, 9.17) is 19.0 Å². The molecule has 37 heavy (non-hydrogen) atoms. The van der Waals surface area contributed by atoms with Crippen LogP contribution in [0.15, 0.2) is 84.6 Å². The number of hydrogen-bond acceptors (Lipinski definition) is 7. The van der Waals surface area contributed by atoms with Crippen LogP contribution in [0.4, 0.5) is 0 Å². The first kappa shape index (κ1) is 25.9. The highest BCUT2D eigenvalue weighted by Gasteiger charge is 2.44. The highest BCUT2D eigenvalue weighted by atomic mass is 16.8. The molecular formula is C29H30N2O6. The minimum atomic E-state index is -0.691. The molecule has 3 aromatic carbocycles. The number of benzene rings is 3. The molecule has 0 saturated carbocycles. The van der Waals surface area contributed by atoms with E-state index in [1.165, 1.54) is 7.11 Å². The fraction of sp³-hybridized carbons (Fsp3) is 0.241. The second-order valence-electron chi connectivity index (χ2n) is 8.46. The number of carbonyl (C=O) groups is 2. The molecule has 0 aliphatic carbocycles. The number of hydroxylamine groups is 2. The van der Waals surface area contributed by atoms with Crippen molar-refractivity contribution >= 4 is 17.9 Å². The van der Waals surface area contributed by atoms with Crippen LogP contribution in [-0.2, 0) is 32.1 Å². The highest BCUT2D eigenvalue weighted by Crippen LogP contribution is 2.29. The number of ether oxygens (including phenoxy) is 3. The van der Waals surface area contributed by atoms with Gasteiger partial charge in [0.1, 0.15) is 23.2 Å². The first-order valence-corrected chi connectivity index (χ1v) is 11.8. The third kappa shape index (κ3) is 6.17. The van der Waals surface area contributed by atoms with E-state index in [0.29, 0.717) is 24.4 Å². The number of amides is 2. The number of methoxy groups -OCH3 is 3. The lowest BCUT2D eigenvalue weighted by Gasteiger charge is -2.41. The molecule has 8 heteroatoms. The second-order valence-corrected chi connectivity index (χ2v) is 8.46. The van der Waals surface area contributed by atoms with Crippen LogP contribution < -0.4 is 9.47 Å². The third-order valence-corrected chi connectivity index (χ3v) is 6.08. The van der Waals surface area contributed by atoms with Gasteiger partial charge in [-0.2, -0.15) is 0 Å². The van der Waals surface area contributed by atoms with Crippen molar-refractivity contribution in [1.29, 1.82) is 0 Å². The molecule has 192 valence electrons. The van der Waals surface area contributed by atoms with E-state index >= 15 is 0 Å². The zero-order valence-corrected chi connectivity index (χ0v) is 21.1. The number of imide groups is 1. The average molecular weight is 503 g/mol. The van der Waals surface area contributed by atoms with Crippen LogP contribution in [-0.4, -0.2) is 55.9 Å². The van der Waals surface area contributed by atoms with Crippen molar-refractivity contribution < 1.29 is 28.6 Å². The number of rotatable bonds is 10. The van der Waals surface area contributed by atoms with Gasteiger partial charge in [-0.3, -0.25) is 9.59 Å². The molecule has 3 aromatic rings. The molecule has 1 aliphatic heterocycles. The van der Waals surface area contributed by atoms with E-state index in [-0.39, 0.29) is 6.79 Å². The lowest BCUT2D eigenvalue weighted by Crippen LogP contribution is -2.58. The number of nitrogens with zero attached hydrogens (tertiary/aromatic N) is 2. The van der Waals surface area contributed by atoms with Gasteiger partial charge in [0.05, 0.1) is 14.2 Å². The van der Waals surface area contributed by atoms with Gasteiger partial charge in [0.15, 0.2) is 6.79 Å². The van der Waals surface area contributed by atoms with Gasteiger partial charge in [0.25, 0.3) is 5.91 Å². The second kappa shape index (κ2) is 12.2. The van der Waals surface area contributed by atoms with E-state index in [9.17, 15) is 9.59 Å². The Hall–Kier alpha value is -4.14. The summed E-state index contributed by atoms with van der Waals surface area (Å²) < 4.78 is 15.5. The van der Waals surface area contributed by atoms with Crippen LogP contribution in [0.5, 0.6) is 11.5 Å². The van der Waals surface area contributed by atoms with Gasteiger partial charge in [0, 0.05) is 20.1 Å². The molecule has 1 atom stereocenters. The van der Waals surface area contributed by atoms with Gasteiger partial charge in [-0.05, 0) is 47.0 Å². The summed E-state index contributed by atoms with van der Waals surface area (Å²) >= 11 is 0. The van der Waals surface area contributed by atoms with Gasteiger partial charge in [-0.25, -0.2) is 4.84 Å². The summed E-state index contributed by atoms with van der Waals surface area (Å²) in [6, 6.07) is 23.9. The van der Waals surface area contributed by atoms with Crippen LogP contribution >= 0.6 is 0 Å². The van der Waals surface area contributed by atoms with Crippen molar-refractivity contribution in [2.24, 2.45) is 0 Å². The Morgan fingerprint density at radius 1 is 0.784 bits per heavy atom. The van der Waals surface area contributed by atoms with Gasteiger partial charge in [0.2, 0.25) is 0 Å². The molecule has 0 aromatic heterocycles. The molecular weight excluding hydrogens is 472 g/mol. The summed E-state index contributed by atoms with van der Waals surface area (Å²) in [4.78, 5) is 34.6. The summed E-state index contributed by atoms with van der Waals surface area (Å²) in [7, 11) is 4.64. The smallest absolute Gasteiger partial charge is 0.301 e. The maximum Gasteiger partial charge on any atom is 0.301 e. The molecule has 4 rings (SSSR count). The predicted octanol–water partition coefficient (Wildman–Crippen LogP) is 4.06. The first-order chi connectivity index (χ1) is 18.0. The summed E-state index contributed by atoms with van der Waals surface area (Å²) in [5, 5.41) is 0.816. The van der Waals surface area contributed by atoms with Crippen LogP contribution in [0.3, 0.4) is 0 Å². The minimum absolute atomic E-state index is 0.232. The standard InChI is InChI=1S/C29H30N2O6/c1-34-20-37-31-28(32)26(17-21-7-5-4-6-8-21)30(19-23-11-15-25(36-3)16-12-23)27(29(31)33)18-22-9-13-24(35-2)14-10-22/h4-16,18,26H,17,19-20H2,1-3H3/b27-18-/t26-/m0/s1. The highest BCUT2D eigenvalue weighted by molar-refractivity contribution is 6.09. The van der Waals surface area contributed by atoms with Crippen molar-refractivity contribution in [3.63, 3.8) is 0 Å². The monoisotopic (exact) mass is 502 g/mol. The molecule has 0 unspecified atom stereocenters. The van der Waals surface area contributed by atoms with Gasteiger partial charge >= 0.3 is 5.91 Å². The topological polar surface area (TPSA) is 77.5 Å². The molecule has 0 radical (unpaired) electrons. The molecule has 0 N–H and O–H groups in total. The maximum atomic E-state index is 13.6. The first-order valence-electron chi connectivity index (χ1n) is 11.8. The predicted molar refractivity (Wildman–Crippen MR) is 138 cm³/mol. The zero-order chi connectivity index (χ0) is 26.2. The van der Waals surface area contributed by atoms with Gasteiger partial charge < -0.3 is 19.1 Å². The lowest BCUT2D eigenvalue weighted by molar-refractivity contribution is -0.225. The Labute approximate surface area is 216 Å². The van der Waals surface area contributed by atoms with Crippen LogP contribution in [0.2, 0.25) is 0 Å².